The summed E-state index contributed by atoms with van der Waals surface area (Å²) in [4.78, 5) is 37.7. The highest BCUT2D eigenvalue weighted by molar-refractivity contribution is 6.23. The van der Waals surface area contributed by atoms with Crippen molar-refractivity contribution in [2.75, 3.05) is 10.2 Å². The van der Waals surface area contributed by atoms with Crippen molar-refractivity contribution in [1.29, 1.82) is 0 Å². The number of carboxylic acid groups (broad SMARTS) is 1. The summed E-state index contributed by atoms with van der Waals surface area (Å²) < 4.78 is 0. The zero-order chi connectivity index (χ0) is 20.3. The van der Waals surface area contributed by atoms with Crippen LogP contribution in [0.2, 0.25) is 0 Å². The van der Waals surface area contributed by atoms with Crippen LogP contribution in [0.3, 0.4) is 0 Å². The zero-order valence-electron chi connectivity index (χ0n) is 16.1. The molecular formula is C22H24N2O4. The van der Waals surface area contributed by atoms with E-state index in [4.69, 9.17) is 0 Å². The number of hydrogen-bond donors (Lipinski definition) is 2. The third-order valence-corrected chi connectivity index (χ3v) is 4.96. The maximum Gasteiger partial charge on any atom is 0.335 e. The Bertz CT molecular complexity index is 905. The molecule has 0 saturated carbocycles. The van der Waals surface area contributed by atoms with E-state index in [2.05, 4.69) is 12.2 Å². The highest BCUT2D eigenvalue weighted by Gasteiger charge is 2.40. The van der Waals surface area contributed by atoms with Crippen molar-refractivity contribution >= 4 is 29.2 Å². The summed E-state index contributed by atoms with van der Waals surface area (Å²) in [5.41, 5.74) is 3.07. The number of amides is 2. The van der Waals surface area contributed by atoms with Crippen molar-refractivity contribution < 1.29 is 19.5 Å². The number of carbonyl (C=O) groups is 3. The van der Waals surface area contributed by atoms with Crippen LogP contribution in [-0.4, -0.2) is 28.9 Å². The molecule has 2 N–H and O–H groups in total. The molecule has 6 heteroatoms. The van der Waals surface area contributed by atoms with E-state index in [1.807, 2.05) is 24.3 Å². The van der Waals surface area contributed by atoms with E-state index in [1.54, 1.807) is 13.0 Å². The van der Waals surface area contributed by atoms with E-state index >= 15 is 0 Å². The van der Waals surface area contributed by atoms with E-state index in [0.29, 0.717) is 11.3 Å². The molecule has 1 atom stereocenters. The first-order valence-corrected chi connectivity index (χ1v) is 9.47. The lowest BCUT2D eigenvalue weighted by molar-refractivity contribution is -0.121. The molecule has 1 saturated heterocycles. The van der Waals surface area contributed by atoms with Crippen LogP contribution < -0.4 is 10.2 Å². The predicted octanol–water partition coefficient (Wildman–Crippen LogP) is 3.78. The van der Waals surface area contributed by atoms with E-state index in [0.717, 1.165) is 29.8 Å². The minimum atomic E-state index is -1.10. The summed E-state index contributed by atoms with van der Waals surface area (Å²) in [6.45, 7) is 3.90. The standard InChI is InChI=1S/C22H24N2O4/c1-3-4-5-15-7-10-17(11-8-15)23-18-13-20(25)24(21(18)26)19-12-16(22(27)28)9-6-14(19)2/h6-12,18,23H,3-5,13H2,1-2H3,(H,27,28). The first-order valence-electron chi connectivity index (χ1n) is 9.47. The molecule has 2 amide bonds. The number of rotatable bonds is 7. The number of benzene rings is 2. The number of carbonyl (C=O) groups excluding carboxylic acids is 2. The van der Waals surface area contributed by atoms with Crippen LogP contribution in [0, 0.1) is 6.92 Å². The van der Waals surface area contributed by atoms with Gasteiger partial charge in [0.15, 0.2) is 0 Å². The zero-order valence-corrected chi connectivity index (χ0v) is 16.1. The van der Waals surface area contributed by atoms with Gasteiger partial charge >= 0.3 is 5.97 Å². The lowest BCUT2D eigenvalue weighted by Crippen LogP contribution is -2.35. The number of aryl methyl sites for hydroxylation is 2. The van der Waals surface area contributed by atoms with E-state index in [1.165, 1.54) is 17.7 Å². The number of imide groups is 1. The van der Waals surface area contributed by atoms with E-state index in [9.17, 15) is 19.5 Å². The summed E-state index contributed by atoms with van der Waals surface area (Å²) in [6, 6.07) is 11.7. The molecule has 0 aliphatic carbocycles. The summed E-state index contributed by atoms with van der Waals surface area (Å²) >= 11 is 0. The van der Waals surface area contributed by atoms with Gasteiger partial charge in [-0.05, 0) is 55.2 Å². The molecule has 6 nitrogen and oxygen atoms in total. The Morgan fingerprint density at radius 3 is 2.54 bits per heavy atom. The van der Waals surface area contributed by atoms with Gasteiger partial charge in [-0.25, -0.2) is 9.69 Å². The molecule has 3 rings (SSSR count). The largest absolute Gasteiger partial charge is 0.478 e. The van der Waals surface area contributed by atoms with Gasteiger partial charge in [-0.3, -0.25) is 9.59 Å². The van der Waals surface area contributed by atoms with E-state index in [-0.39, 0.29) is 23.8 Å². The van der Waals surface area contributed by atoms with Crippen LogP contribution in [0.4, 0.5) is 11.4 Å². The Labute approximate surface area is 164 Å². The number of carboxylic acids is 1. The topological polar surface area (TPSA) is 86.7 Å². The Morgan fingerprint density at radius 1 is 1.18 bits per heavy atom. The van der Waals surface area contributed by atoms with Crippen LogP contribution in [0.1, 0.15) is 47.7 Å². The number of nitrogens with one attached hydrogen (secondary N) is 1. The highest BCUT2D eigenvalue weighted by atomic mass is 16.4. The monoisotopic (exact) mass is 380 g/mol. The van der Waals surface area contributed by atoms with Crippen molar-refractivity contribution in [2.45, 2.75) is 45.6 Å². The maximum atomic E-state index is 12.9. The van der Waals surface area contributed by atoms with Gasteiger partial charge in [0.2, 0.25) is 5.91 Å². The Kier molecular flexibility index (Phi) is 5.78. The van der Waals surface area contributed by atoms with Crippen LogP contribution in [0.15, 0.2) is 42.5 Å². The smallest absolute Gasteiger partial charge is 0.335 e. The number of hydrogen-bond acceptors (Lipinski definition) is 4. The fraction of sp³-hybridized carbons (Fsp3) is 0.318. The van der Waals surface area contributed by atoms with Gasteiger partial charge < -0.3 is 10.4 Å². The summed E-state index contributed by atoms with van der Waals surface area (Å²) in [5, 5.41) is 12.3. The van der Waals surface area contributed by atoms with Gasteiger partial charge in [-0.15, -0.1) is 0 Å². The van der Waals surface area contributed by atoms with Crippen LogP contribution >= 0.6 is 0 Å². The Balaban J connectivity index is 1.77. The SMILES string of the molecule is CCCCc1ccc(NC2CC(=O)N(c3cc(C(=O)O)ccc3C)C2=O)cc1. The van der Waals surface area contributed by atoms with Crippen molar-refractivity contribution in [3.8, 4) is 0 Å². The quantitative estimate of drug-likeness (QED) is 0.714. The van der Waals surface area contributed by atoms with Crippen molar-refractivity contribution in [2.24, 2.45) is 0 Å². The molecule has 1 aliphatic heterocycles. The average Bonchev–Trinajstić information content (AvgIpc) is 2.95. The molecule has 0 aromatic heterocycles. The van der Waals surface area contributed by atoms with Crippen molar-refractivity contribution in [1.82, 2.24) is 0 Å². The van der Waals surface area contributed by atoms with Gasteiger partial charge in [0, 0.05) is 5.69 Å². The Morgan fingerprint density at radius 2 is 1.89 bits per heavy atom. The number of nitrogens with zero attached hydrogens (tertiary/aromatic N) is 1. The molecule has 2 aromatic carbocycles. The molecular weight excluding hydrogens is 356 g/mol. The molecule has 2 aromatic rings. The molecule has 0 bridgehead atoms. The molecule has 28 heavy (non-hydrogen) atoms. The van der Waals surface area contributed by atoms with Crippen LogP contribution in [0.25, 0.3) is 0 Å². The number of aromatic carboxylic acids is 1. The Hall–Kier alpha value is -3.15. The maximum absolute atomic E-state index is 12.9. The summed E-state index contributed by atoms with van der Waals surface area (Å²) in [6.07, 6.45) is 3.32. The lowest BCUT2D eigenvalue weighted by atomic mass is 10.1. The van der Waals surface area contributed by atoms with Gasteiger partial charge in [0.1, 0.15) is 6.04 Å². The normalized spacial score (nSPS) is 16.5. The lowest BCUT2D eigenvalue weighted by Gasteiger charge is -2.18. The molecule has 146 valence electrons. The molecule has 1 unspecified atom stereocenters. The fourth-order valence-electron chi connectivity index (χ4n) is 3.33. The third-order valence-electron chi connectivity index (χ3n) is 4.96. The second-order valence-electron chi connectivity index (χ2n) is 7.08. The summed E-state index contributed by atoms with van der Waals surface area (Å²) in [7, 11) is 0. The second kappa shape index (κ2) is 8.25. The fourth-order valence-corrected chi connectivity index (χ4v) is 3.33. The first kappa shape index (κ1) is 19.6. The first-order chi connectivity index (χ1) is 13.4. The molecule has 0 spiro atoms. The van der Waals surface area contributed by atoms with Gasteiger partial charge in [-0.2, -0.15) is 0 Å². The number of anilines is 2. The van der Waals surface area contributed by atoms with Gasteiger partial charge in [-0.1, -0.05) is 31.5 Å². The van der Waals surface area contributed by atoms with Crippen molar-refractivity contribution in [3.05, 3.63) is 59.2 Å². The minimum Gasteiger partial charge on any atom is -0.478 e. The molecule has 0 radical (unpaired) electrons. The van der Waals surface area contributed by atoms with E-state index < -0.39 is 12.0 Å². The van der Waals surface area contributed by atoms with Gasteiger partial charge in [0.25, 0.3) is 5.91 Å². The molecule has 1 fully saturated rings. The van der Waals surface area contributed by atoms with Gasteiger partial charge in [0.05, 0.1) is 17.7 Å². The predicted molar refractivity (Wildman–Crippen MR) is 108 cm³/mol. The molecule has 1 heterocycles. The van der Waals surface area contributed by atoms with Crippen molar-refractivity contribution in [3.63, 3.8) is 0 Å². The highest BCUT2D eigenvalue weighted by Crippen LogP contribution is 2.29. The van der Waals surface area contributed by atoms with Crippen LogP contribution in [0.5, 0.6) is 0 Å². The third kappa shape index (κ3) is 4.06. The van der Waals surface area contributed by atoms with Crippen LogP contribution in [-0.2, 0) is 16.0 Å². The average molecular weight is 380 g/mol. The molecule has 1 aliphatic rings. The second-order valence-corrected chi connectivity index (χ2v) is 7.08. The number of unbranched alkanes of at least 4 members (excludes halogenated alkanes) is 1. The minimum absolute atomic E-state index is 0.0349. The summed E-state index contributed by atoms with van der Waals surface area (Å²) in [5.74, 6) is -1.81.